The molecule has 4 heteroatoms. The van der Waals surface area contributed by atoms with Gasteiger partial charge in [0.1, 0.15) is 0 Å². The van der Waals surface area contributed by atoms with Crippen molar-refractivity contribution >= 4 is 28.1 Å². The van der Waals surface area contributed by atoms with Crippen LogP contribution in [0.3, 0.4) is 0 Å². The third-order valence-electron chi connectivity index (χ3n) is 2.42. The number of nitrogens with zero attached hydrogens (tertiary/aromatic N) is 1. The molecule has 1 amide bonds. The maximum absolute atomic E-state index is 12.0. The van der Waals surface area contributed by atoms with Gasteiger partial charge in [-0.3, -0.25) is 9.59 Å². The van der Waals surface area contributed by atoms with E-state index in [1.54, 1.807) is 23.1 Å². The second-order valence-electron chi connectivity index (χ2n) is 3.33. The molecular formula is C12H14BrNO2. The number of benzene rings is 1. The largest absolute Gasteiger partial charge is 0.339 e. The summed E-state index contributed by atoms with van der Waals surface area (Å²) in [5, 5.41) is 0. The minimum Gasteiger partial charge on any atom is -0.339 e. The van der Waals surface area contributed by atoms with Gasteiger partial charge < -0.3 is 4.90 Å². The van der Waals surface area contributed by atoms with Crippen LogP contribution in [0.15, 0.2) is 22.7 Å². The Hall–Kier alpha value is -1.16. The maximum Gasteiger partial charge on any atom is 0.254 e. The van der Waals surface area contributed by atoms with Crippen molar-refractivity contribution in [3.63, 3.8) is 0 Å². The van der Waals surface area contributed by atoms with E-state index in [1.807, 2.05) is 13.8 Å². The Morgan fingerprint density at radius 2 is 2.00 bits per heavy atom. The van der Waals surface area contributed by atoms with Crippen molar-refractivity contribution in [3.05, 3.63) is 33.8 Å². The van der Waals surface area contributed by atoms with E-state index in [0.717, 1.165) is 4.47 Å². The fourth-order valence-electron chi connectivity index (χ4n) is 1.51. The molecule has 0 fully saturated rings. The summed E-state index contributed by atoms with van der Waals surface area (Å²) in [6.07, 6.45) is 0.710. The highest BCUT2D eigenvalue weighted by Crippen LogP contribution is 2.17. The molecule has 0 radical (unpaired) electrons. The number of hydrogen-bond donors (Lipinski definition) is 0. The van der Waals surface area contributed by atoms with Crippen LogP contribution in [0.4, 0.5) is 0 Å². The van der Waals surface area contributed by atoms with Gasteiger partial charge in [0.2, 0.25) is 0 Å². The summed E-state index contributed by atoms with van der Waals surface area (Å²) in [5.74, 6) is -0.0976. The van der Waals surface area contributed by atoms with Gasteiger partial charge in [-0.15, -0.1) is 0 Å². The van der Waals surface area contributed by atoms with Crippen LogP contribution in [0, 0.1) is 0 Å². The topological polar surface area (TPSA) is 37.4 Å². The molecule has 0 N–H and O–H groups in total. The van der Waals surface area contributed by atoms with Crippen LogP contribution in [0.1, 0.15) is 34.6 Å². The molecule has 0 aliphatic heterocycles. The van der Waals surface area contributed by atoms with Crippen LogP contribution >= 0.6 is 15.9 Å². The van der Waals surface area contributed by atoms with Crippen LogP contribution in [0.25, 0.3) is 0 Å². The van der Waals surface area contributed by atoms with E-state index in [2.05, 4.69) is 15.9 Å². The summed E-state index contributed by atoms with van der Waals surface area (Å²) in [5.41, 5.74) is 0.883. The van der Waals surface area contributed by atoms with E-state index in [4.69, 9.17) is 0 Å². The fraction of sp³-hybridized carbons (Fsp3) is 0.333. The maximum atomic E-state index is 12.0. The number of rotatable bonds is 4. The lowest BCUT2D eigenvalue weighted by Gasteiger charge is -2.19. The number of aldehydes is 1. The van der Waals surface area contributed by atoms with Gasteiger partial charge in [0.15, 0.2) is 6.29 Å². The van der Waals surface area contributed by atoms with E-state index in [9.17, 15) is 9.59 Å². The van der Waals surface area contributed by atoms with Crippen LogP contribution in [-0.4, -0.2) is 30.2 Å². The zero-order valence-electron chi connectivity index (χ0n) is 9.37. The lowest BCUT2D eigenvalue weighted by atomic mass is 10.1. The third-order valence-corrected chi connectivity index (χ3v) is 2.91. The summed E-state index contributed by atoms with van der Waals surface area (Å²) < 4.78 is 0.797. The Kier molecular flexibility index (Phi) is 4.68. The molecule has 0 atom stereocenters. The lowest BCUT2D eigenvalue weighted by Crippen LogP contribution is -2.31. The molecular weight excluding hydrogens is 270 g/mol. The summed E-state index contributed by atoms with van der Waals surface area (Å²) in [6.45, 7) is 5.12. The van der Waals surface area contributed by atoms with Gasteiger partial charge in [-0.05, 0) is 32.0 Å². The van der Waals surface area contributed by atoms with Crippen LogP contribution in [0.2, 0.25) is 0 Å². The molecule has 0 aromatic heterocycles. The molecule has 0 bridgehead atoms. The van der Waals surface area contributed by atoms with Crippen LogP contribution < -0.4 is 0 Å². The molecule has 0 spiro atoms. The molecule has 0 unspecified atom stereocenters. The Morgan fingerprint density at radius 3 is 2.50 bits per heavy atom. The summed E-state index contributed by atoms with van der Waals surface area (Å²) in [6, 6.07) is 5.10. The highest BCUT2D eigenvalue weighted by molar-refractivity contribution is 9.10. The zero-order valence-corrected chi connectivity index (χ0v) is 11.0. The highest BCUT2D eigenvalue weighted by Gasteiger charge is 2.16. The average molecular weight is 284 g/mol. The van der Waals surface area contributed by atoms with E-state index >= 15 is 0 Å². The first-order chi connectivity index (χ1) is 7.63. The van der Waals surface area contributed by atoms with Crippen molar-refractivity contribution in [1.82, 2.24) is 4.90 Å². The minimum atomic E-state index is -0.0976. The average Bonchev–Trinajstić information content (AvgIpc) is 2.30. The molecule has 3 nitrogen and oxygen atoms in total. The summed E-state index contributed by atoms with van der Waals surface area (Å²) in [7, 11) is 0. The van der Waals surface area contributed by atoms with E-state index in [-0.39, 0.29) is 5.91 Å². The molecule has 0 saturated carbocycles. The van der Waals surface area contributed by atoms with E-state index < -0.39 is 0 Å². The standard InChI is InChI=1S/C12H14BrNO2/c1-3-14(4-2)12(16)11-6-5-10(13)7-9(11)8-15/h5-8H,3-4H2,1-2H3. The first kappa shape index (κ1) is 12.9. The second-order valence-corrected chi connectivity index (χ2v) is 4.24. The first-order valence-electron chi connectivity index (χ1n) is 5.18. The van der Waals surface area contributed by atoms with Crippen molar-refractivity contribution in [2.24, 2.45) is 0 Å². The second kappa shape index (κ2) is 5.80. The Morgan fingerprint density at radius 1 is 1.38 bits per heavy atom. The number of hydrogen-bond acceptors (Lipinski definition) is 2. The molecule has 0 saturated heterocycles. The summed E-state index contributed by atoms with van der Waals surface area (Å²) >= 11 is 3.27. The number of amides is 1. The van der Waals surface area contributed by atoms with Crippen molar-refractivity contribution < 1.29 is 9.59 Å². The van der Waals surface area contributed by atoms with Gasteiger partial charge in [-0.2, -0.15) is 0 Å². The van der Waals surface area contributed by atoms with Gasteiger partial charge in [0, 0.05) is 23.1 Å². The monoisotopic (exact) mass is 283 g/mol. The van der Waals surface area contributed by atoms with Crippen molar-refractivity contribution in [3.8, 4) is 0 Å². The van der Waals surface area contributed by atoms with Crippen molar-refractivity contribution in [2.75, 3.05) is 13.1 Å². The quantitative estimate of drug-likeness (QED) is 0.797. The number of halogens is 1. The molecule has 1 rings (SSSR count). The van der Waals surface area contributed by atoms with Gasteiger partial charge >= 0.3 is 0 Å². The van der Waals surface area contributed by atoms with Crippen molar-refractivity contribution in [2.45, 2.75) is 13.8 Å². The van der Waals surface area contributed by atoms with Crippen molar-refractivity contribution in [1.29, 1.82) is 0 Å². The normalized spacial score (nSPS) is 9.94. The Labute approximate surface area is 104 Å². The summed E-state index contributed by atoms with van der Waals surface area (Å²) in [4.78, 5) is 24.6. The number of carbonyl (C=O) groups excluding carboxylic acids is 2. The minimum absolute atomic E-state index is 0.0976. The fourth-order valence-corrected chi connectivity index (χ4v) is 1.89. The molecule has 1 aromatic carbocycles. The van der Waals surface area contributed by atoms with Crippen LogP contribution in [-0.2, 0) is 0 Å². The Bertz CT molecular complexity index is 400. The van der Waals surface area contributed by atoms with E-state index in [1.165, 1.54) is 0 Å². The molecule has 16 heavy (non-hydrogen) atoms. The predicted octanol–water partition coefficient (Wildman–Crippen LogP) is 2.74. The molecule has 0 aliphatic carbocycles. The predicted molar refractivity (Wildman–Crippen MR) is 66.8 cm³/mol. The number of carbonyl (C=O) groups is 2. The SMILES string of the molecule is CCN(CC)C(=O)c1ccc(Br)cc1C=O. The van der Waals surface area contributed by atoms with Gasteiger partial charge in [-0.25, -0.2) is 0 Å². The Balaban J connectivity index is 3.12. The molecule has 0 aliphatic rings. The third kappa shape index (κ3) is 2.70. The lowest BCUT2D eigenvalue weighted by molar-refractivity contribution is 0.0770. The molecule has 86 valence electrons. The highest BCUT2D eigenvalue weighted by atomic mass is 79.9. The zero-order chi connectivity index (χ0) is 12.1. The molecule has 1 aromatic rings. The van der Waals surface area contributed by atoms with Crippen LogP contribution in [0.5, 0.6) is 0 Å². The van der Waals surface area contributed by atoms with E-state index in [0.29, 0.717) is 30.5 Å². The molecule has 0 heterocycles. The van der Waals surface area contributed by atoms with Gasteiger partial charge in [0.05, 0.1) is 5.56 Å². The first-order valence-corrected chi connectivity index (χ1v) is 5.97. The van der Waals surface area contributed by atoms with Gasteiger partial charge in [-0.1, -0.05) is 15.9 Å². The smallest absolute Gasteiger partial charge is 0.254 e. The van der Waals surface area contributed by atoms with Gasteiger partial charge in [0.25, 0.3) is 5.91 Å².